The Kier molecular flexibility index (Phi) is 6.46. The Balaban J connectivity index is 2.29. The lowest BCUT2D eigenvalue weighted by molar-refractivity contribution is -0.112. The molecule has 0 saturated carbocycles. The fourth-order valence-electron chi connectivity index (χ4n) is 2.17. The van der Waals surface area contributed by atoms with Gasteiger partial charge < -0.3 is 10.1 Å². The number of amides is 1. The summed E-state index contributed by atoms with van der Waals surface area (Å²) in [5.41, 5.74) is 1.84. The monoisotopic (exact) mass is 374 g/mol. The lowest BCUT2D eigenvalue weighted by atomic mass is 10.1. The zero-order chi connectivity index (χ0) is 18.4. The highest BCUT2D eigenvalue weighted by Gasteiger charge is 2.12. The normalized spacial score (nSPS) is 10.9. The smallest absolute Gasteiger partial charge is 0.266 e. The van der Waals surface area contributed by atoms with Crippen LogP contribution in [0.3, 0.4) is 0 Å². The van der Waals surface area contributed by atoms with Crippen LogP contribution in [0.5, 0.6) is 5.75 Å². The highest BCUT2D eigenvalue weighted by Crippen LogP contribution is 2.25. The van der Waals surface area contributed by atoms with Gasteiger partial charge in [-0.25, -0.2) is 0 Å². The maximum Gasteiger partial charge on any atom is 0.266 e. The maximum atomic E-state index is 12.4. The van der Waals surface area contributed by atoms with Crippen LogP contribution in [0.25, 0.3) is 6.08 Å². The molecule has 0 saturated heterocycles. The molecule has 2 aromatic rings. The van der Waals surface area contributed by atoms with E-state index in [0.717, 1.165) is 5.56 Å². The molecule has 0 aliphatic heterocycles. The Morgan fingerprint density at radius 3 is 2.76 bits per heavy atom. The molecule has 0 aliphatic carbocycles. The molecule has 6 heteroatoms. The summed E-state index contributed by atoms with van der Waals surface area (Å²) < 4.78 is 5.42. The largest absolute Gasteiger partial charge is 0.494 e. The van der Waals surface area contributed by atoms with Gasteiger partial charge in [-0.2, -0.15) is 5.26 Å². The highest BCUT2D eigenvalue weighted by atomic mass is 35.5. The zero-order valence-corrected chi connectivity index (χ0v) is 15.3. The van der Waals surface area contributed by atoms with Crippen LogP contribution in [0.2, 0.25) is 10.0 Å². The molecule has 2 rings (SSSR count). The molecule has 0 heterocycles. The molecule has 4 nitrogen and oxygen atoms in total. The predicted octanol–water partition coefficient (Wildman–Crippen LogP) is 5.25. The van der Waals surface area contributed by atoms with E-state index in [1.54, 1.807) is 43.3 Å². The number of halogens is 2. The fraction of sp³-hybridized carbons (Fsp3) is 0.158. The summed E-state index contributed by atoms with van der Waals surface area (Å²) in [6.07, 6.45) is 1.46. The Labute approximate surface area is 156 Å². The molecule has 0 radical (unpaired) electrons. The summed E-state index contributed by atoms with van der Waals surface area (Å²) in [4.78, 5) is 12.4. The van der Waals surface area contributed by atoms with E-state index in [4.69, 9.17) is 27.9 Å². The number of nitrogens with zero attached hydrogens (tertiary/aromatic N) is 1. The van der Waals surface area contributed by atoms with Crippen molar-refractivity contribution < 1.29 is 9.53 Å². The predicted molar refractivity (Wildman–Crippen MR) is 101 cm³/mol. The molecular formula is C19H16Cl2N2O2. The topological polar surface area (TPSA) is 62.1 Å². The lowest BCUT2D eigenvalue weighted by Gasteiger charge is -2.09. The van der Waals surface area contributed by atoms with Crippen molar-refractivity contribution in [3.8, 4) is 11.8 Å². The summed E-state index contributed by atoms with van der Waals surface area (Å²) in [7, 11) is 0. The molecule has 1 N–H and O–H groups in total. The third kappa shape index (κ3) is 4.99. The minimum Gasteiger partial charge on any atom is -0.494 e. The number of ether oxygens (including phenoxy) is 1. The van der Waals surface area contributed by atoms with Crippen molar-refractivity contribution >= 4 is 40.9 Å². The molecule has 0 spiro atoms. The first kappa shape index (κ1) is 18.9. The van der Waals surface area contributed by atoms with Gasteiger partial charge >= 0.3 is 0 Å². The number of hydrogen-bond acceptors (Lipinski definition) is 3. The Bertz CT molecular complexity index is 870. The van der Waals surface area contributed by atoms with Gasteiger partial charge in [-0.15, -0.1) is 0 Å². The second-order valence-electron chi connectivity index (χ2n) is 5.19. The molecule has 0 aliphatic rings. The van der Waals surface area contributed by atoms with Crippen molar-refractivity contribution in [2.24, 2.45) is 0 Å². The van der Waals surface area contributed by atoms with E-state index in [2.05, 4.69) is 5.32 Å². The van der Waals surface area contributed by atoms with Crippen molar-refractivity contribution in [1.82, 2.24) is 0 Å². The van der Waals surface area contributed by atoms with Gasteiger partial charge in [0.2, 0.25) is 0 Å². The molecule has 0 bridgehead atoms. The SMILES string of the molecule is CCOc1cc(Cl)cc(/C=C(\C#N)C(=O)Nc2cccc(Cl)c2C)c1. The summed E-state index contributed by atoms with van der Waals surface area (Å²) in [5, 5.41) is 13.0. The van der Waals surface area contributed by atoms with Crippen LogP contribution in [-0.2, 0) is 4.79 Å². The van der Waals surface area contributed by atoms with E-state index in [-0.39, 0.29) is 5.57 Å². The number of rotatable bonds is 5. The van der Waals surface area contributed by atoms with Crippen LogP contribution in [0, 0.1) is 18.3 Å². The number of benzene rings is 2. The third-order valence-electron chi connectivity index (χ3n) is 3.40. The van der Waals surface area contributed by atoms with Gasteiger partial charge in [-0.3, -0.25) is 4.79 Å². The first-order valence-corrected chi connectivity index (χ1v) is 8.31. The van der Waals surface area contributed by atoms with Gasteiger partial charge in [-0.05, 0) is 61.4 Å². The summed E-state index contributed by atoms with van der Waals surface area (Å²) >= 11 is 12.1. The number of carbonyl (C=O) groups is 1. The Hall–Kier alpha value is -2.48. The lowest BCUT2D eigenvalue weighted by Crippen LogP contribution is -2.14. The van der Waals surface area contributed by atoms with Crippen molar-refractivity contribution in [2.75, 3.05) is 11.9 Å². The van der Waals surface area contributed by atoms with Crippen molar-refractivity contribution in [3.63, 3.8) is 0 Å². The van der Waals surface area contributed by atoms with E-state index >= 15 is 0 Å². The molecule has 128 valence electrons. The molecule has 0 fully saturated rings. The van der Waals surface area contributed by atoms with Gasteiger partial charge in [0.15, 0.2) is 0 Å². The van der Waals surface area contributed by atoms with Crippen LogP contribution in [-0.4, -0.2) is 12.5 Å². The molecule has 0 unspecified atom stereocenters. The van der Waals surface area contributed by atoms with Crippen LogP contribution in [0.1, 0.15) is 18.1 Å². The average molecular weight is 375 g/mol. The first-order chi connectivity index (χ1) is 11.9. The van der Waals surface area contributed by atoms with Gasteiger partial charge in [0.05, 0.1) is 6.61 Å². The quantitative estimate of drug-likeness (QED) is 0.574. The molecule has 1 amide bonds. The number of hydrogen-bond donors (Lipinski definition) is 1. The summed E-state index contributed by atoms with van der Waals surface area (Å²) in [6, 6.07) is 12.1. The van der Waals surface area contributed by atoms with E-state index < -0.39 is 5.91 Å². The molecule has 0 aromatic heterocycles. The fourth-order valence-corrected chi connectivity index (χ4v) is 2.57. The zero-order valence-electron chi connectivity index (χ0n) is 13.8. The van der Waals surface area contributed by atoms with E-state index in [9.17, 15) is 10.1 Å². The molecular weight excluding hydrogens is 359 g/mol. The minimum atomic E-state index is -0.522. The first-order valence-electron chi connectivity index (χ1n) is 7.56. The third-order valence-corrected chi connectivity index (χ3v) is 4.02. The van der Waals surface area contributed by atoms with E-state index in [0.29, 0.717) is 33.7 Å². The Morgan fingerprint density at radius 1 is 1.32 bits per heavy atom. The number of nitrogens with one attached hydrogen (secondary N) is 1. The van der Waals surface area contributed by atoms with E-state index in [1.807, 2.05) is 13.0 Å². The van der Waals surface area contributed by atoms with Crippen LogP contribution >= 0.6 is 23.2 Å². The number of nitriles is 1. The van der Waals surface area contributed by atoms with Crippen LogP contribution < -0.4 is 10.1 Å². The number of anilines is 1. The van der Waals surface area contributed by atoms with Gasteiger partial charge in [-0.1, -0.05) is 29.3 Å². The van der Waals surface area contributed by atoms with Crippen LogP contribution in [0.15, 0.2) is 42.0 Å². The van der Waals surface area contributed by atoms with Crippen molar-refractivity contribution in [2.45, 2.75) is 13.8 Å². The van der Waals surface area contributed by atoms with Crippen molar-refractivity contribution in [3.05, 3.63) is 63.1 Å². The number of carbonyl (C=O) groups excluding carboxylic acids is 1. The van der Waals surface area contributed by atoms with Crippen LogP contribution in [0.4, 0.5) is 5.69 Å². The van der Waals surface area contributed by atoms with Gasteiger partial charge in [0.25, 0.3) is 5.91 Å². The second-order valence-corrected chi connectivity index (χ2v) is 6.03. The Morgan fingerprint density at radius 2 is 2.08 bits per heavy atom. The molecule has 2 aromatic carbocycles. The molecule has 0 atom stereocenters. The van der Waals surface area contributed by atoms with Gasteiger partial charge in [0, 0.05) is 15.7 Å². The highest BCUT2D eigenvalue weighted by molar-refractivity contribution is 6.32. The summed E-state index contributed by atoms with van der Waals surface area (Å²) in [5.74, 6) is 0.0513. The van der Waals surface area contributed by atoms with E-state index in [1.165, 1.54) is 6.08 Å². The second kappa shape index (κ2) is 8.57. The maximum absolute atomic E-state index is 12.4. The minimum absolute atomic E-state index is 0.0518. The summed E-state index contributed by atoms with van der Waals surface area (Å²) in [6.45, 7) is 4.14. The standard InChI is InChI=1S/C19H16Cl2N2O2/c1-3-25-16-9-13(8-15(20)10-16)7-14(11-22)19(24)23-18-6-4-5-17(21)12(18)2/h4-10H,3H2,1-2H3,(H,23,24)/b14-7+. The van der Waals surface area contributed by atoms with Crippen molar-refractivity contribution in [1.29, 1.82) is 5.26 Å². The van der Waals surface area contributed by atoms with Gasteiger partial charge in [0.1, 0.15) is 17.4 Å². The molecule has 25 heavy (non-hydrogen) atoms. The average Bonchev–Trinajstić information content (AvgIpc) is 2.56.